The van der Waals surface area contributed by atoms with Crippen molar-refractivity contribution < 1.29 is 9.72 Å². The maximum atomic E-state index is 11.6. The average Bonchev–Trinajstić information content (AvgIpc) is 2.26. The molecule has 0 fully saturated rings. The number of fused-ring (bicyclic) bond motifs is 1. The van der Waals surface area contributed by atoms with Crippen molar-refractivity contribution in [3.63, 3.8) is 0 Å². The molecule has 0 radical (unpaired) electrons. The fourth-order valence-corrected chi connectivity index (χ4v) is 1.98. The Morgan fingerprint density at radius 2 is 2.25 bits per heavy atom. The van der Waals surface area contributed by atoms with Crippen molar-refractivity contribution in [2.45, 2.75) is 19.9 Å². The maximum Gasteiger partial charge on any atom is 0.274 e. The van der Waals surface area contributed by atoms with Crippen LogP contribution in [0.4, 0.5) is 5.69 Å². The monoisotopic (exact) mass is 220 g/mol. The molecule has 1 amide bonds. The first-order valence-corrected chi connectivity index (χ1v) is 5.16. The molecule has 0 spiro atoms. The second-order valence-electron chi connectivity index (χ2n) is 3.76. The molecule has 16 heavy (non-hydrogen) atoms. The molecule has 5 nitrogen and oxygen atoms in total. The van der Waals surface area contributed by atoms with E-state index in [1.807, 2.05) is 6.92 Å². The number of hydrogen-bond donors (Lipinski definition) is 0. The number of nitro benzene ring substituents is 1. The van der Waals surface area contributed by atoms with Crippen molar-refractivity contribution in [3.8, 4) is 0 Å². The summed E-state index contributed by atoms with van der Waals surface area (Å²) in [6.45, 7) is 2.81. The molecule has 5 heteroatoms. The highest BCUT2D eigenvalue weighted by molar-refractivity contribution is 5.81. The van der Waals surface area contributed by atoms with E-state index >= 15 is 0 Å². The number of amides is 1. The third-order valence-corrected chi connectivity index (χ3v) is 2.87. The lowest BCUT2D eigenvalue weighted by atomic mass is 9.97. The summed E-state index contributed by atoms with van der Waals surface area (Å²) in [5.41, 5.74) is 1.57. The molecule has 1 aliphatic heterocycles. The van der Waals surface area contributed by atoms with Gasteiger partial charge in [-0.25, -0.2) is 0 Å². The Morgan fingerprint density at radius 1 is 1.50 bits per heavy atom. The van der Waals surface area contributed by atoms with Gasteiger partial charge in [0.1, 0.15) is 0 Å². The highest BCUT2D eigenvalue weighted by Gasteiger charge is 2.27. The minimum absolute atomic E-state index is 0.0375. The molecule has 0 bridgehead atoms. The van der Waals surface area contributed by atoms with Crippen LogP contribution in [-0.4, -0.2) is 22.3 Å². The second-order valence-corrected chi connectivity index (χ2v) is 3.76. The van der Waals surface area contributed by atoms with Gasteiger partial charge in [0.15, 0.2) is 0 Å². The van der Waals surface area contributed by atoms with E-state index in [0.717, 1.165) is 5.56 Å². The number of likely N-dealkylation sites (N-methyl/N-ethyl adjacent to an activating group) is 1. The van der Waals surface area contributed by atoms with Crippen LogP contribution < -0.4 is 0 Å². The van der Waals surface area contributed by atoms with Crippen molar-refractivity contribution in [2.24, 2.45) is 0 Å². The number of carbonyl (C=O) groups excluding carboxylic acids is 1. The molecule has 0 saturated carbocycles. The molecule has 0 saturated heterocycles. The lowest BCUT2D eigenvalue weighted by molar-refractivity contribution is -0.385. The zero-order valence-corrected chi connectivity index (χ0v) is 8.97. The first kappa shape index (κ1) is 10.6. The Balaban J connectivity index is 2.47. The molecule has 0 unspecified atom stereocenters. The highest BCUT2D eigenvalue weighted by atomic mass is 16.6. The van der Waals surface area contributed by atoms with Crippen LogP contribution in [0.2, 0.25) is 0 Å². The molecule has 1 aliphatic rings. The lowest BCUT2D eigenvalue weighted by Crippen LogP contribution is -2.36. The quantitative estimate of drug-likeness (QED) is 0.560. The van der Waals surface area contributed by atoms with Crippen molar-refractivity contribution in [2.75, 3.05) is 6.54 Å². The first-order chi connectivity index (χ1) is 7.63. The van der Waals surface area contributed by atoms with Gasteiger partial charge < -0.3 is 4.90 Å². The zero-order valence-electron chi connectivity index (χ0n) is 8.97. The third-order valence-electron chi connectivity index (χ3n) is 2.87. The van der Waals surface area contributed by atoms with E-state index in [9.17, 15) is 14.9 Å². The molecular weight excluding hydrogens is 208 g/mol. The van der Waals surface area contributed by atoms with Crippen LogP contribution in [0.3, 0.4) is 0 Å². The highest BCUT2D eigenvalue weighted by Crippen LogP contribution is 2.28. The predicted molar refractivity (Wildman–Crippen MR) is 57.9 cm³/mol. The standard InChI is InChI=1S/C11H12N2O3/c1-2-12-7-9-8(6-11(12)14)4-3-5-10(9)13(15)16/h3-5H,2,6-7H2,1H3. The smallest absolute Gasteiger partial charge is 0.274 e. The van der Waals surface area contributed by atoms with Crippen molar-refractivity contribution in [1.82, 2.24) is 4.90 Å². The summed E-state index contributed by atoms with van der Waals surface area (Å²) in [7, 11) is 0. The van der Waals surface area contributed by atoms with Gasteiger partial charge in [-0.3, -0.25) is 14.9 Å². The van der Waals surface area contributed by atoms with Crippen LogP contribution in [0.15, 0.2) is 18.2 Å². The first-order valence-electron chi connectivity index (χ1n) is 5.16. The molecule has 1 heterocycles. The van der Waals surface area contributed by atoms with Gasteiger partial charge in [-0.2, -0.15) is 0 Å². The summed E-state index contributed by atoms with van der Waals surface area (Å²) in [6, 6.07) is 4.90. The number of hydrogen-bond acceptors (Lipinski definition) is 3. The van der Waals surface area contributed by atoms with Crippen LogP contribution in [0.5, 0.6) is 0 Å². The van der Waals surface area contributed by atoms with Crippen LogP contribution in [0.1, 0.15) is 18.1 Å². The molecule has 2 rings (SSSR count). The summed E-state index contributed by atoms with van der Waals surface area (Å²) < 4.78 is 0. The number of carbonyl (C=O) groups is 1. The summed E-state index contributed by atoms with van der Waals surface area (Å²) in [5.74, 6) is 0.0375. The Bertz CT molecular complexity index is 457. The Kier molecular flexibility index (Phi) is 2.60. The third kappa shape index (κ3) is 1.64. The van der Waals surface area contributed by atoms with Crippen molar-refractivity contribution in [1.29, 1.82) is 0 Å². The van der Waals surface area contributed by atoms with Gasteiger partial charge in [-0.15, -0.1) is 0 Å². The SMILES string of the molecule is CCN1Cc2c(cccc2[N+](=O)[O-])CC1=O. The summed E-state index contributed by atoms with van der Waals surface area (Å²) in [4.78, 5) is 23.7. The minimum Gasteiger partial charge on any atom is -0.338 e. The van der Waals surface area contributed by atoms with Gasteiger partial charge in [-0.1, -0.05) is 12.1 Å². The van der Waals surface area contributed by atoms with Gasteiger partial charge in [-0.05, 0) is 12.5 Å². The Labute approximate surface area is 92.8 Å². The van der Waals surface area contributed by atoms with E-state index in [1.54, 1.807) is 17.0 Å². The second kappa shape index (κ2) is 3.92. The van der Waals surface area contributed by atoms with Crippen LogP contribution in [0, 0.1) is 10.1 Å². The number of nitro groups is 1. The maximum absolute atomic E-state index is 11.6. The Morgan fingerprint density at radius 3 is 2.88 bits per heavy atom. The van der Waals surface area contributed by atoms with Gasteiger partial charge in [0.2, 0.25) is 5.91 Å². The predicted octanol–water partition coefficient (Wildman–Crippen LogP) is 1.50. The molecule has 0 aromatic heterocycles. The number of rotatable bonds is 2. The van der Waals surface area contributed by atoms with Crippen LogP contribution in [0.25, 0.3) is 0 Å². The fourth-order valence-electron chi connectivity index (χ4n) is 1.98. The van der Waals surface area contributed by atoms with Crippen molar-refractivity contribution >= 4 is 11.6 Å². The fraction of sp³-hybridized carbons (Fsp3) is 0.364. The molecule has 0 N–H and O–H groups in total. The molecule has 0 aliphatic carbocycles. The molecular formula is C11H12N2O3. The van der Waals surface area contributed by atoms with Crippen LogP contribution >= 0.6 is 0 Å². The number of nitrogens with zero attached hydrogens (tertiary/aromatic N) is 2. The Hall–Kier alpha value is -1.91. The van der Waals surface area contributed by atoms with E-state index in [2.05, 4.69) is 0 Å². The van der Waals surface area contributed by atoms with Crippen LogP contribution in [-0.2, 0) is 17.8 Å². The van der Waals surface area contributed by atoms with Gasteiger partial charge >= 0.3 is 0 Å². The van der Waals surface area contributed by atoms with E-state index < -0.39 is 0 Å². The van der Waals surface area contributed by atoms with Gasteiger partial charge in [0.05, 0.1) is 23.5 Å². The summed E-state index contributed by atoms with van der Waals surface area (Å²) in [6.07, 6.45) is 0.269. The largest absolute Gasteiger partial charge is 0.338 e. The zero-order chi connectivity index (χ0) is 11.7. The normalized spacial score (nSPS) is 14.8. The van der Waals surface area contributed by atoms with Gasteiger partial charge in [0, 0.05) is 12.6 Å². The molecule has 1 aromatic carbocycles. The van der Waals surface area contributed by atoms with E-state index in [1.165, 1.54) is 6.07 Å². The van der Waals surface area contributed by atoms with E-state index in [0.29, 0.717) is 18.7 Å². The van der Waals surface area contributed by atoms with Gasteiger partial charge in [0.25, 0.3) is 5.69 Å². The minimum atomic E-state index is -0.386. The summed E-state index contributed by atoms with van der Waals surface area (Å²) >= 11 is 0. The topological polar surface area (TPSA) is 63.4 Å². The molecule has 1 aromatic rings. The van der Waals surface area contributed by atoms with E-state index in [-0.39, 0.29) is 22.9 Å². The average molecular weight is 220 g/mol. The molecule has 84 valence electrons. The molecule has 0 atom stereocenters. The van der Waals surface area contributed by atoms with Crippen molar-refractivity contribution in [3.05, 3.63) is 39.4 Å². The number of benzene rings is 1. The summed E-state index contributed by atoms with van der Waals surface area (Å²) in [5, 5.41) is 10.9. The van der Waals surface area contributed by atoms with E-state index in [4.69, 9.17) is 0 Å². The lowest BCUT2D eigenvalue weighted by Gasteiger charge is -2.27.